The molecule has 0 aliphatic rings. The summed E-state index contributed by atoms with van der Waals surface area (Å²) in [6.07, 6.45) is 5.26. The summed E-state index contributed by atoms with van der Waals surface area (Å²) in [5.41, 5.74) is 10.3. The van der Waals surface area contributed by atoms with Gasteiger partial charge in [0.15, 0.2) is 0 Å². The van der Waals surface area contributed by atoms with Gasteiger partial charge in [-0.1, -0.05) is 103 Å². The first-order valence-electron chi connectivity index (χ1n) is 13.2. The summed E-state index contributed by atoms with van der Waals surface area (Å²) in [5, 5.41) is 0. The van der Waals surface area contributed by atoms with Crippen molar-refractivity contribution in [3.8, 4) is 16.9 Å². The van der Waals surface area contributed by atoms with E-state index in [9.17, 15) is 4.79 Å². The molecule has 0 radical (unpaired) electrons. The van der Waals surface area contributed by atoms with E-state index >= 15 is 0 Å². The fraction of sp³-hybridized carbons (Fsp3) is 0.0541. The van der Waals surface area contributed by atoms with Gasteiger partial charge in [0, 0.05) is 23.1 Å². The topological polar surface area (TPSA) is 29.5 Å². The third kappa shape index (κ3) is 6.46. The van der Waals surface area contributed by atoms with Crippen molar-refractivity contribution in [2.45, 2.75) is 13.8 Å². The molecule has 0 N–H and O–H groups in total. The molecular weight excluding hydrogens is 490 g/mol. The van der Waals surface area contributed by atoms with E-state index in [1.807, 2.05) is 18.2 Å². The maximum atomic E-state index is 11.4. The molecular formula is C37H31NO2. The molecule has 0 fully saturated rings. The monoisotopic (exact) mass is 521 g/mol. The van der Waals surface area contributed by atoms with Gasteiger partial charge in [0.25, 0.3) is 0 Å². The van der Waals surface area contributed by atoms with Crippen LogP contribution in [0.2, 0.25) is 0 Å². The number of hydrogen-bond acceptors (Lipinski definition) is 3. The first kappa shape index (κ1) is 26.5. The predicted molar refractivity (Wildman–Crippen MR) is 167 cm³/mol. The van der Waals surface area contributed by atoms with Crippen LogP contribution in [0.15, 0.2) is 134 Å². The summed E-state index contributed by atoms with van der Waals surface area (Å²) >= 11 is 0. The first-order valence-corrected chi connectivity index (χ1v) is 13.2. The van der Waals surface area contributed by atoms with Crippen molar-refractivity contribution in [1.29, 1.82) is 0 Å². The summed E-state index contributed by atoms with van der Waals surface area (Å²) in [6, 6.07) is 41.9. The molecule has 0 aliphatic carbocycles. The molecule has 0 saturated heterocycles. The number of rotatable bonds is 8. The van der Waals surface area contributed by atoms with Crippen LogP contribution in [0, 0.1) is 13.8 Å². The Morgan fingerprint density at radius 1 is 0.575 bits per heavy atom. The Hall–Kier alpha value is -5.15. The van der Waals surface area contributed by atoms with Gasteiger partial charge in [0.05, 0.1) is 0 Å². The van der Waals surface area contributed by atoms with Crippen LogP contribution in [0.4, 0.5) is 17.1 Å². The highest BCUT2D eigenvalue weighted by atomic mass is 16.5. The lowest BCUT2D eigenvalue weighted by molar-refractivity contribution is -0.128. The van der Waals surface area contributed by atoms with Crippen LogP contribution in [0.5, 0.6) is 5.75 Å². The largest absolute Gasteiger partial charge is 0.423 e. The van der Waals surface area contributed by atoms with E-state index in [0.717, 1.165) is 34.3 Å². The Balaban J connectivity index is 1.38. The van der Waals surface area contributed by atoms with Gasteiger partial charge in [0.2, 0.25) is 0 Å². The van der Waals surface area contributed by atoms with Gasteiger partial charge in [-0.2, -0.15) is 0 Å². The number of hydrogen-bond donors (Lipinski definition) is 0. The van der Waals surface area contributed by atoms with Crippen molar-refractivity contribution in [2.75, 3.05) is 4.90 Å². The smallest absolute Gasteiger partial charge is 0.335 e. The average Bonchev–Trinajstić information content (AvgIpc) is 2.99. The standard InChI is InChI=1S/C37H31NO2/c1-4-37(39)40-36-25-13-30(14-26-36)10-9-29-11-21-34(22-12-29)38(33-19-7-28(3)8-20-33)35-23-17-32(18-24-35)31-15-5-27(2)6-16-31/h4-26H,1H2,2-3H3. The summed E-state index contributed by atoms with van der Waals surface area (Å²) in [5.74, 6) is 0.0276. The Morgan fingerprint density at radius 2 is 0.950 bits per heavy atom. The molecule has 3 heteroatoms. The van der Waals surface area contributed by atoms with Crippen molar-refractivity contribution < 1.29 is 9.53 Å². The number of carbonyl (C=O) groups is 1. The molecule has 5 aromatic carbocycles. The molecule has 0 atom stereocenters. The number of anilines is 3. The van der Waals surface area contributed by atoms with Gasteiger partial charge in [-0.25, -0.2) is 4.79 Å². The summed E-state index contributed by atoms with van der Waals surface area (Å²) in [4.78, 5) is 13.6. The maximum Gasteiger partial charge on any atom is 0.335 e. The molecule has 0 heterocycles. The zero-order valence-electron chi connectivity index (χ0n) is 22.7. The van der Waals surface area contributed by atoms with Crippen LogP contribution in [-0.4, -0.2) is 5.97 Å². The zero-order chi connectivity index (χ0) is 27.9. The molecule has 5 aromatic rings. The van der Waals surface area contributed by atoms with Crippen LogP contribution in [0.25, 0.3) is 23.3 Å². The van der Waals surface area contributed by atoms with Crippen molar-refractivity contribution in [1.82, 2.24) is 0 Å². The van der Waals surface area contributed by atoms with E-state index in [1.165, 1.54) is 22.3 Å². The van der Waals surface area contributed by atoms with Gasteiger partial charge in [-0.3, -0.25) is 0 Å². The molecule has 40 heavy (non-hydrogen) atoms. The van der Waals surface area contributed by atoms with Crippen LogP contribution < -0.4 is 9.64 Å². The van der Waals surface area contributed by atoms with E-state index in [-0.39, 0.29) is 0 Å². The maximum absolute atomic E-state index is 11.4. The molecule has 0 saturated carbocycles. The minimum Gasteiger partial charge on any atom is -0.423 e. The Morgan fingerprint density at radius 3 is 1.43 bits per heavy atom. The highest BCUT2D eigenvalue weighted by molar-refractivity contribution is 5.83. The SMILES string of the molecule is C=CC(=O)Oc1ccc(C=Cc2ccc(N(c3ccc(C)cc3)c3ccc(-c4ccc(C)cc4)cc3)cc2)cc1. The third-order valence-corrected chi connectivity index (χ3v) is 6.69. The highest BCUT2D eigenvalue weighted by Crippen LogP contribution is 2.36. The number of esters is 1. The lowest BCUT2D eigenvalue weighted by Crippen LogP contribution is -2.09. The van der Waals surface area contributed by atoms with Gasteiger partial charge < -0.3 is 9.64 Å². The minimum absolute atomic E-state index is 0.467. The third-order valence-electron chi connectivity index (χ3n) is 6.69. The quantitative estimate of drug-likeness (QED) is 0.0881. The molecule has 0 spiro atoms. The summed E-state index contributed by atoms with van der Waals surface area (Å²) in [6.45, 7) is 7.63. The van der Waals surface area contributed by atoms with Gasteiger partial charge >= 0.3 is 5.97 Å². The van der Waals surface area contributed by atoms with E-state index < -0.39 is 5.97 Å². The molecule has 0 aliphatic heterocycles. The molecule has 196 valence electrons. The van der Waals surface area contributed by atoms with Gasteiger partial charge in [-0.15, -0.1) is 0 Å². The van der Waals surface area contributed by atoms with Gasteiger partial charge in [-0.05, 0) is 84.6 Å². The number of ether oxygens (including phenoxy) is 1. The summed E-state index contributed by atoms with van der Waals surface area (Å²) < 4.78 is 5.14. The van der Waals surface area contributed by atoms with Crippen molar-refractivity contribution in [3.63, 3.8) is 0 Å². The second-order valence-corrected chi connectivity index (χ2v) is 9.70. The fourth-order valence-electron chi connectivity index (χ4n) is 4.42. The van der Waals surface area contributed by atoms with Crippen LogP contribution in [0.3, 0.4) is 0 Å². The fourth-order valence-corrected chi connectivity index (χ4v) is 4.42. The van der Waals surface area contributed by atoms with Crippen LogP contribution in [-0.2, 0) is 4.79 Å². The second kappa shape index (κ2) is 12.1. The molecule has 3 nitrogen and oxygen atoms in total. The van der Waals surface area contributed by atoms with Crippen molar-refractivity contribution in [2.24, 2.45) is 0 Å². The van der Waals surface area contributed by atoms with Crippen LogP contribution in [0.1, 0.15) is 22.3 Å². The minimum atomic E-state index is -0.467. The van der Waals surface area contributed by atoms with Crippen molar-refractivity contribution in [3.05, 3.63) is 156 Å². The Kier molecular flexibility index (Phi) is 8.03. The number of aryl methyl sites for hydroxylation is 2. The number of carbonyl (C=O) groups excluding carboxylic acids is 1. The summed E-state index contributed by atoms with van der Waals surface area (Å²) in [7, 11) is 0. The lowest BCUT2D eigenvalue weighted by Gasteiger charge is -2.26. The van der Waals surface area contributed by atoms with Crippen LogP contribution >= 0.6 is 0 Å². The molecule has 0 amide bonds. The molecule has 0 bridgehead atoms. The lowest BCUT2D eigenvalue weighted by atomic mass is 10.0. The number of nitrogens with zero attached hydrogens (tertiary/aromatic N) is 1. The first-order chi connectivity index (χ1) is 19.5. The van der Waals surface area contributed by atoms with Gasteiger partial charge in [0.1, 0.15) is 5.75 Å². The average molecular weight is 522 g/mol. The Labute approximate surface area is 236 Å². The predicted octanol–water partition coefficient (Wildman–Crippen LogP) is 9.70. The Bertz CT molecular complexity index is 1610. The van der Waals surface area contributed by atoms with Crippen molar-refractivity contribution >= 4 is 35.2 Å². The normalized spacial score (nSPS) is 10.8. The molecule has 0 aromatic heterocycles. The van der Waals surface area contributed by atoms with E-state index in [1.54, 1.807) is 12.1 Å². The van der Waals surface area contributed by atoms with E-state index in [0.29, 0.717) is 5.75 Å². The molecule has 0 unspecified atom stereocenters. The van der Waals surface area contributed by atoms with E-state index in [4.69, 9.17) is 4.74 Å². The highest BCUT2D eigenvalue weighted by Gasteiger charge is 2.12. The zero-order valence-corrected chi connectivity index (χ0v) is 22.7. The second-order valence-electron chi connectivity index (χ2n) is 9.70. The van der Waals surface area contributed by atoms with E-state index in [2.05, 4.69) is 128 Å². The molecule has 5 rings (SSSR count). The number of benzene rings is 5.